The quantitative estimate of drug-likeness (QED) is 0.785. The summed E-state index contributed by atoms with van der Waals surface area (Å²) in [6, 6.07) is 8.22. The van der Waals surface area contributed by atoms with Gasteiger partial charge in [0.25, 0.3) is 0 Å². The van der Waals surface area contributed by atoms with Crippen LogP contribution in [0.15, 0.2) is 24.3 Å². The highest BCUT2D eigenvalue weighted by molar-refractivity contribution is 5.95. The van der Waals surface area contributed by atoms with Gasteiger partial charge >= 0.3 is 0 Å². The SMILES string of the molecule is CCCNCc1cccc(NC(=O)C2C3CCCCC32)c1. The molecule has 1 aromatic rings. The lowest BCUT2D eigenvalue weighted by molar-refractivity contribution is -0.117. The van der Waals surface area contributed by atoms with Crippen molar-refractivity contribution in [1.29, 1.82) is 0 Å². The molecule has 0 bridgehead atoms. The highest BCUT2D eigenvalue weighted by Crippen LogP contribution is 2.55. The molecule has 2 fully saturated rings. The Hall–Kier alpha value is -1.35. The lowest BCUT2D eigenvalue weighted by Gasteiger charge is -2.08. The largest absolute Gasteiger partial charge is 0.326 e. The van der Waals surface area contributed by atoms with Gasteiger partial charge < -0.3 is 10.6 Å². The van der Waals surface area contributed by atoms with E-state index in [4.69, 9.17) is 0 Å². The van der Waals surface area contributed by atoms with Gasteiger partial charge in [0.05, 0.1) is 0 Å². The van der Waals surface area contributed by atoms with Crippen LogP contribution in [0.4, 0.5) is 5.69 Å². The van der Waals surface area contributed by atoms with Gasteiger partial charge in [-0.15, -0.1) is 0 Å². The van der Waals surface area contributed by atoms with Crippen molar-refractivity contribution in [2.24, 2.45) is 17.8 Å². The number of hydrogen-bond donors (Lipinski definition) is 2. The van der Waals surface area contributed by atoms with Gasteiger partial charge in [-0.1, -0.05) is 31.9 Å². The maximum Gasteiger partial charge on any atom is 0.228 e. The maximum absolute atomic E-state index is 12.4. The molecule has 3 nitrogen and oxygen atoms in total. The van der Waals surface area contributed by atoms with Gasteiger partial charge in [-0.05, 0) is 55.3 Å². The Morgan fingerprint density at radius 3 is 2.71 bits per heavy atom. The van der Waals surface area contributed by atoms with Crippen molar-refractivity contribution in [1.82, 2.24) is 5.32 Å². The predicted molar refractivity (Wildman–Crippen MR) is 86.0 cm³/mol. The lowest BCUT2D eigenvalue weighted by atomic mass is 10.0. The number of benzene rings is 1. The first-order chi connectivity index (χ1) is 10.3. The second-order valence-electron chi connectivity index (χ2n) is 6.50. The van der Waals surface area contributed by atoms with E-state index in [-0.39, 0.29) is 11.8 Å². The van der Waals surface area contributed by atoms with Crippen LogP contribution in [0.3, 0.4) is 0 Å². The number of nitrogens with one attached hydrogen (secondary N) is 2. The Labute approximate surface area is 127 Å². The van der Waals surface area contributed by atoms with E-state index in [1.807, 2.05) is 12.1 Å². The Balaban J connectivity index is 1.55. The van der Waals surface area contributed by atoms with Gasteiger partial charge in [-0.2, -0.15) is 0 Å². The molecule has 2 N–H and O–H groups in total. The van der Waals surface area contributed by atoms with E-state index in [0.29, 0.717) is 11.8 Å². The Morgan fingerprint density at radius 1 is 1.24 bits per heavy atom. The number of carbonyl (C=O) groups excluding carboxylic acids is 1. The van der Waals surface area contributed by atoms with Crippen LogP contribution < -0.4 is 10.6 Å². The minimum absolute atomic E-state index is 0.241. The molecule has 1 amide bonds. The summed E-state index contributed by atoms with van der Waals surface area (Å²) in [5.41, 5.74) is 2.17. The molecule has 0 saturated heterocycles. The minimum atomic E-state index is 0.241. The first-order valence-electron chi connectivity index (χ1n) is 8.40. The number of rotatable bonds is 6. The molecule has 3 heteroatoms. The topological polar surface area (TPSA) is 41.1 Å². The highest BCUT2D eigenvalue weighted by atomic mass is 16.2. The molecule has 114 valence electrons. The van der Waals surface area contributed by atoms with E-state index in [1.54, 1.807) is 0 Å². The third-order valence-corrected chi connectivity index (χ3v) is 4.91. The van der Waals surface area contributed by atoms with E-state index in [1.165, 1.54) is 31.2 Å². The van der Waals surface area contributed by atoms with Crippen molar-refractivity contribution < 1.29 is 4.79 Å². The summed E-state index contributed by atoms with van der Waals surface area (Å²) in [5.74, 6) is 1.88. The zero-order valence-corrected chi connectivity index (χ0v) is 12.9. The third-order valence-electron chi connectivity index (χ3n) is 4.91. The zero-order chi connectivity index (χ0) is 14.7. The fraction of sp³-hybridized carbons (Fsp3) is 0.611. The molecule has 21 heavy (non-hydrogen) atoms. The summed E-state index contributed by atoms with van der Waals surface area (Å²) < 4.78 is 0. The van der Waals surface area contributed by atoms with Crippen LogP contribution in [-0.2, 0) is 11.3 Å². The van der Waals surface area contributed by atoms with Crippen LogP contribution in [0.25, 0.3) is 0 Å². The van der Waals surface area contributed by atoms with Gasteiger partial charge in [-0.25, -0.2) is 0 Å². The van der Waals surface area contributed by atoms with Crippen molar-refractivity contribution in [2.75, 3.05) is 11.9 Å². The predicted octanol–water partition coefficient (Wildman–Crippen LogP) is 3.56. The maximum atomic E-state index is 12.4. The van der Waals surface area contributed by atoms with Crippen molar-refractivity contribution in [3.05, 3.63) is 29.8 Å². The first kappa shape index (κ1) is 14.6. The molecule has 2 unspecified atom stereocenters. The molecule has 0 radical (unpaired) electrons. The van der Waals surface area contributed by atoms with Crippen molar-refractivity contribution in [3.8, 4) is 0 Å². The monoisotopic (exact) mass is 286 g/mol. The fourth-order valence-electron chi connectivity index (χ4n) is 3.78. The van der Waals surface area contributed by atoms with Crippen LogP contribution in [-0.4, -0.2) is 12.5 Å². The summed E-state index contributed by atoms with van der Waals surface area (Å²) in [7, 11) is 0. The van der Waals surface area contributed by atoms with E-state index < -0.39 is 0 Å². The van der Waals surface area contributed by atoms with Gasteiger partial charge in [0.15, 0.2) is 0 Å². The summed E-state index contributed by atoms with van der Waals surface area (Å²) in [6.45, 7) is 4.06. The number of hydrogen-bond acceptors (Lipinski definition) is 2. The Morgan fingerprint density at radius 2 is 2.00 bits per heavy atom. The van der Waals surface area contributed by atoms with Crippen molar-refractivity contribution in [2.45, 2.75) is 45.6 Å². The zero-order valence-electron chi connectivity index (χ0n) is 12.9. The molecule has 2 saturated carbocycles. The number of amides is 1. The van der Waals surface area contributed by atoms with Crippen LogP contribution >= 0.6 is 0 Å². The van der Waals surface area contributed by atoms with E-state index in [2.05, 4.69) is 29.7 Å². The molecular formula is C18H26N2O. The molecular weight excluding hydrogens is 260 g/mol. The van der Waals surface area contributed by atoms with Gasteiger partial charge in [0, 0.05) is 18.2 Å². The Bertz CT molecular complexity index is 488. The molecule has 0 heterocycles. The molecule has 2 aliphatic carbocycles. The average Bonchev–Trinajstić information content (AvgIpc) is 3.22. The number of fused-ring (bicyclic) bond motifs is 1. The number of carbonyl (C=O) groups is 1. The van der Waals surface area contributed by atoms with Gasteiger partial charge in [-0.3, -0.25) is 4.79 Å². The van der Waals surface area contributed by atoms with Gasteiger partial charge in [0.2, 0.25) is 5.91 Å². The normalized spacial score (nSPS) is 27.0. The fourth-order valence-corrected chi connectivity index (χ4v) is 3.78. The van der Waals surface area contributed by atoms with Crippen LogP contribution in [0, 0.1) is 17.8 Å². The van der Waals surface area contributed by atoms with E-state index in [0.717, 1.165) is 25.2 Å². The summed E-state index contributed by atoms with van der Waals surface area (Å²) in [4.78, 5) is 12.4. The molecule has 0 aliphatic heterocycles. The van der Waals surface area contributed by atoms with E-state index in [9.17, 15) is 4.79 Å². The van der Waals surface area contributed by atoms with Crippen LogP contribution in [0.5, 0.6) is 0 Å². The molecule has 2 atom stereocenters. The lowest BCUT2D eigenvalue weighted by Crippen LogP contribution is -2.16. The summed E-state index contributed by atoms with van der Waals surface area (Å²) >= 11 is 0. The second-order valence-corrected chi connectivity index (χ2v) is 6.50. The minimum Gasteiger partial charge on any atom is -0.326 e. The first-order valence-corrected chi connectivity index (χ1v) is 8.40. The summed E-state index contributed by atoms with van der Waals surface area (Å²) in [5, 5.41) is 6.52. The molecule has 2 aliphatic rings. The standard InChI is InChI=1S/C18H26N2O/c1-2-10-19-12-13-6-5-7-14(11-13)20-18(21)17-15-8-3-4-9-16(15)17/h5-7,11,15-17,19H,2-4,8-10,12H2,1H3,(H,20,21). The molecule has 1 aromatic carbocycles. The third kappa shape index (κ3) is 3.46. The average molecular weight is 286 g/mol. The second kappa shape index (κ2) is 6.61. The van der Waals surface area contributed by atoms with Crippen LogP contribution in [0.2, 0.25) is 0 Å². The molecule has 0 spiro atoms. The van der Waals surface area contributed by atoms with Crippen molar-refractivity contribution >= 4 is 11.6 Å². The number of anilines is 1. The van der Waals surface area contributed by atoms with Crippen LogP contribution in [0.1, 0.15) is 44.6 Å². The molecule has 0 aromatic heterocycles. The molecule has 3 rings (SSSR count). The summed E-state index contributed by atoms with van der Waals surface area (Å²) in [6.07, 6.45) is 6.27. The Kier molecular flexibility index (Phi) is 4.59. The van der Waals surface area contributed by atoms with Crippen molar-refractivity contribution in [3.63, 3.8) is 0 Å². The van der Waals surface area contributed by atoms with E-state index >= 15 is 0 Å². The van der Waals surface area contributed by atoms with Gasteiger partial charge in [0.1, 0.15) is 0 Å². The smallest absolute Gasteiger partial charge is 0.228 e. The highest BCUT2D eigenvalue weighted by Gasteiger charge is 2.54.